The van der Waals surface area contributed by atoms with Crippen molar-refractivity contribution in [1.82, 2.24) is 20.4 Å². The smallest absolute Gasteiger partial charge is 0.325 e. The van der Waals surface area contributed by atoms with Crippen LogP contribution < -0.4 is 15.5 Å². The minimum absolute atomic E-state index is 0.0224. The lowest BCUT2D eigenvalue weighted by molar-refractivity contribution is -0.137. The van der Waals surface area contributed by atoms with Gasteiger partial charge in [0.05, 0.1) is 0 Å². The minimum atomic E-state index is -0.861. The molecule has 0 bridgehead atoms. The number of urea groups is 1. The number of benzene rings is 1. The van der Waals surface area contributed by atoms with Crippen molar-refractivity contribution >= 4 is 23.5 Å². The molecule has 8 nitrogen and oxygen atoms in total. The summed E-state index contributed by atoms with van der Waals surface area (Å²) in [5, 5.41) is 5.82. The molecule has 2 atom stereocenters. The zero-order valence-electron chi connectivity index (χ0n) is 20.8. The van der Waals surface area contributed by atoms with Crippen LogP contribution in [0.1, 0.15) is 46.5 Å². The van der Waals surface area contributed by atoms with E-state index in [0.717, 1.165) is 50.5 Å². The number of nitrogens with one attached hydrogen (secondary N) is 2. The number of rotatable bonds is 7. The first-order valence-electron chi connectivity index (χ1n) is 12.6. The first-order valence-corrected chi connectivity index (χ1v) is 12.6. The van der Waals surface area contributed by atoms with Gasteiger partial charge in [-0.2, -0.15) is 0 Å². The lowest BCUT2D eigenvalue weighted by atomic mass is 9.64. The van der Waals surface area contributed by atoms with Crippen LogP contribution in [0.3, 0.4) is 0 Å². The summed E-state index contributed by atoms with van der Waals surface area (Å²) in [6, 6.07) is 10.0. The van der Waals surface area contributed by atoms with Gasteiger partial charge in [0.1, 0.15) is 12.1 Å². The van der Waals surface area contributed by atoms with Crippen molar-refractivity contribution in [3.63, 3.8) is 0 Å². The molecule has 1 aromatic rings. The van der Waals surface area contributed by atoms with Crippen LogP contribution in [0.15, 0.2) is 30.3 Å². The van der Waals surface area contributed by atoms with Crippen molar-refractivity contribution in [2.75, 3.05) is 50.7 Å². The summed E-state index contributed by atoms with van der Waals surface area (Å²) in [4.78, 5) is 44.2. The third kappa shape index (κ3) is 5.54. The predicted octanol–water partition coefficient (Wildman–Crippen LogP) is 2.45. The molecule has 1 spiro atoms. The number of imide groups is 1. The van der Waals surface area contributed by atoms with E-state index in [2.05, 4.69) is 65.5 Å². The van der Waals surface area contributed by atoms with Crippen LogP contribution in [0.5, 0.6) is 0 Å². The lowest BCUT2D eigenvalue weighted by Crippen LogP contribution is -2.54. The van der Waals surface area contributed by atoms with E-state index in [1.165, 1.54) is 5.69 Å². The van der Waals surface area contributed by atoms with E-state index in [1.54, 1.807) is 0 Å². The maximum Gasteiger partial charge on any atom is 0.325 e. The summed E-state index contributed by atoms with van der Waals surface area (Å²) < 4.78 is 0. The van der Waals surface area contributed by atoms with Crippen LogP contribution in [0.2, 0.25) is 0 Å². The Kier molecular flexibility index (Phi) is 7.17. The number of carbonyl (C=O) groups excluding carboxylic acids is 3. The third-order valence-electron chi connectivity index (χ3n) is 7.39. The zero-order valence-corrected chi connectivity index (χ0v) is 20.8. The molecule has 2 aliphatic heterocycles. The molecule has 2 unspecified atom stereocenters. The highest BCUT2D eigenvalue weighted by Gasteiger charge is 2.56. The van der Waals surface area contributed by atoms with Gasteiger partial charge < -0.3 is 15.5 Å². The molecule has 1 saturated carbocycles. The highest BCUT2D eigenvalue weighted by Crippen LogP contribution is 2.46. The first kappa shape index (κ1) is 24.5. The molecule has 0 aromatic heterocycles. The van der Waals surface area contributed by atoms with Crippen LogP contribution in [-0.4, -0.2) is 79.0 Å². The Morgan fingerprint density at radius 3 is 2.47 bits per heavy atom. The number of nitrogens with zero attached hydrogens (tertiary/aromatic N) is 3. The molecule has 8 heteroatoms. The van der Waals surface area contributed by atoms with Gasteiger partial charge in [0.15, 0.2) is 0 Å². The van der Waals surface area contributed by atoms with Crippen LogP contribution in [0, 0.1) is 11.3 Å². The molecule has 1 aromatic carbocycles. The summed E-state index contributed by atoms with van der Waals surface area (Å²) in [5.41, 5.74) is 0.384. The number of carbonyl (C=O) groups is 3. The molecule has 34 heavy (non-hydrogen) atoms. The molecule has 0 radical (unpaired) electrons. The Labute approximate surface area is 203 Å². The number of piperazine rings is 1. The number of hydrogen-bond acceptors (Lipinski definition) is 5. The van der Waals surface area contributed by atoms with Crippen molar-refractivity contribution in [3.8, 4) is 0 Å². The summed E-state index contributed by atoms with van der Waals surface area (Å²) in [6.07, 6.45) is 3.12. The second kappa shape index (κ2) is 9.94. The Morgan fingerprint density at radius 2 is 1.79 bits per heavy atom. The SMILES string of the molecule is CC1CC(C)(C)CC2(C1)NC(=O)N(CC(=O)NCCCN1CCN(c3ccccc3)CC1)C2=O. The molecular weight excluding hydrogens is 430 g/mol. The van der Waals surface area contributed by atoms with Gasteiger partial charge >= 0.3 is 6.03 Å². The topological polar surface area (TPSA) is 85.0 Å². The maximum atomic E-state index is 13.2. The van der Waals surface area contributed by atoms with E-state index in [-0.39, 0.29) is 23.8 Å². The lowest BCUT2D eigenvalue weighted by Gasteiger charge is -2.43. The summed E-state index contributed by atoms with van der Waals surface area (Å²) in [5.74, 6) is -0.183. The normalized spacial score (nSPS) is 27.2. The fraction of sp³-hybridized carbons (Fsp3) is 0.654. The Balaban J connectivity index is 1.18. The Morgan fingerprint density at radius 1 is 1.09 bits per heavy atom. The molecule has 1 aliphatic carbocycles. The highest BCUT2D eigenvalue weighted by molar-refractivity contribution is 6.09. The molecule has 3 aliphatic rings. The summed E-state index contributed by atoms with van der Waals surface area (Å²) >= 11 is 0. The van der Waals surface area contributed by atoms with Gasteiger partial charge in [0.25, 0.3) is 5.91 Å². The average molecular weight is 470 g/mol. The monoisotopic (exact) mass is 469 g/mol. The molecule has 2 saturated heterocycles. The van der Waals surface area contributed by atoms with Crippen molar-refractivity contribution in [2.24, 2.45) is 11.3 Å². The van der Waals surface area contributed by atoms with Crippen molar-refractivity contribution in [3.05, 3.63) is 30.3 Å². The Hall–Kier alpha value is -2.61. The van der Waals surface area contributed by atoms with Gasteiger partial charge in [0.2, 0.25) is 5.91 Å². The fourth-order valence-electron chi connectivity index (χ4n) is 6.25. The molecule has 186 valence electrons. The van der Waals surface area contributed by atoms with Gasteiger partial charge in [-0.3, -0.25) is 19.4 Å². The average Bonchev–Trinajstić information content (AvgIpc) is 2.99. The van der Waals surface area contributed by atoms with Crippen LogP contribution in [-0.2, 0) is 9.59 Å². The van der Waals surface area contributed by atoms with Crippen LogP contribution >= 0.6 is 0 Å². The van der Waals surface area contributed by atoms with E-state index < -0.39 is 11.6 Å². The predicted molar refractivity (Wildman–Crippen MR) is 132 cm³/mol. The van der Waals surface area contributed by atoms with Gasteiger partial charge in [-0.15, -0.1) is 0 Å². The van der Waals surface area contributed by atoms with Gasteiger partial charge in [-0.25, -0.2) is 4.79 Å². The minimum Gasteiger partial charge on any atom is -0.369 e. The first-order chi connectivity index (χ1) is 16.2. The maximum absolute atomic E-state index is 13.2. The van der Waals surface area contributed by atoms with Gasteiger partial charge in [-0.05, 0) is 55.7 Å². The highest BCUT2D eigenvalue weighted by atomic mass is 16.2. The van der Waals surface area contributed by atoms with Crippen molar-refractivity contribution in [2.45, 2.75) is 52.0 Å². The van der Waals surface area contributed by atoms with E-state index in [9.17, 15) is 14.4 Å². The Bertz CT molecular complexity index is 897. The second-order valence-corrected chi connectivity index (χ2v) is 11.1. The standard InChI is InChI=1S/C26H39N5O3/c1-20-16-25(2,3)19-26(17-20)23(33)31(24(34)28-26)18-22(32)27-10-7-11-29-12-14-30(15-13-29)21-8-5-4-6-9-21/h4-6,8-9,20H,7,10-19H2,1-3H3,(H,27,32)(H,28,34). The fourth-order valence-corrected chi connectivity index (χ4v) is 6.25. The number of para-hydroxylation sites is 1. The molecule has 2 N–H and O–H groups in total. The number of amides is 4. The molecule has 3 fully saturated rings. The zero-order chi connectivity index (χ0) is 24.3. The second-order valence-electron chi connectivity index (χ2n) is 11.1. The van der Waals surface area contributed by atoms with Gasteiger partial charge in [-0.1, -0.05) is 39.0 Å². The van der Waals surface area contributed by atoms with E-state index in [4.69, 9.17) is 0 Å². The van der Waals surface area contributed by atoms with Crippen LogP contribution in [0.25, 0.3) is 0 Å². The molecule has 4 rings (SSSR count). The molecule has 2 heterocycles. The van der Waals surface area contributed by atoms with E-state index in [1.807, 2.05) is 6.07 Å². The summed E-state index contributed by atoms with van der Waals surface area (Å²) in [7, 11) is 0. The summed E-state index contributed by atoms with van der Waals surface area (Å²) in [6.45, 7) is 11.7. The number of anilines is 1. The van der Waals surface area contributed by atoms with E-state index >= 15 is 0 Å². The third-order valence-corrected chi connectivity index (χ3v) is 7.39. The largest absolute Gasteiger partial charge is 0.369 e. The van der Waals surface area contributed by atoms with Crippen molar-refractivity contribution < 1.29 is 14.4 Å². The van der Waals surface area contributed by atoms with E-state index in [0.29, 0.717) is 25.3 Å². The quantitative estimate of drug-likeness (QED) is 0.473. The molecule has 4 amide bonds. The molecular formula is C26H39N5O3. The number of hydrogen-bond donors (Lipinski definition) is 2. The van der Waals surface area contributed by atoms with Crippen molar-refractivity contribution in [1.29, 1.82) is 0 Å². The van der Waals surface area contributed by atoms with Crippen LogP contribution in [0.4, 0.5) is 10.5 Å². The van der Waals surface area contributed by atoms with Gasteiger partial charge in [0, 0.05) is 38.4 Å².